The lowest BCUT2D eigenvalue weighted by Gasteiger charge is -2.36. The first-order valence-corrected chi connectivity index (χ1v) is 10.7. The monoisotopic (exact) mass is 357 g/mol. The quantitative estimate of drug-likeness (QED) is 0.812. The fourth-order valence-corrected chi connectivity index (χ4v) is 4.56. The van der Waals surface area contributed by atoms with Crippen molar-refractivity contribution in [3.8, 4) is 0 Å². The number of amides is 3. The highest BCUT2D eigenvalue weighted by Crippen LogP contribution is 2.21. The molecule has 1 N–H and O–H groups in total. The smallest absolute Gasteiger partial charge is 0.317 e. The van der Waals surface area contributed by atoms with Crippen molar-refractivity contribution in [1.29, 1.82) is 0 Å². The summed E-state index contributed by atoms with van der Waals surface area (Å²) in [4.78, 5) is 28.6. The number of carbonyl (C=O) groups is 2. The zero-order chi connectivity index (χ0) is 17.7. The zero-order valence-corrected chi connectivity index (χ0v) is 15.9. The molecular weight excluding hydrogens is 326 g/mol. The van der Waals surface area contributed by atoms with E-state index in [1.807, 2.05) is 6.92 Å². The summed E-state index contributed by atoms with van der Waals surface area (Å²) < 4.78 is 11.4. The van der Waals surface area contributed by atoms with Crippen LogP contribution in [0, 0.1) is 5.92 Å². The normalized spacial score (nSPS) is 24.5. The number of likely N-dealkylation sites (tertiary alicyclic amines) is 1. The molecule has 2 fully saturated rings. The number of piperidine rings is 1. The summed E-state index contributed by atoms with van der Waals surface area (Å²) in [7, 11) is 0.852. The van der Waals surface area contributed by atoms with E-state index in [4.69, 9.17) is 0 Å². The van der Waals surface area contributed by atoms with Gasteiger partial charge in [0, 0.05) is 55.0 Å². The number of carbonyl (C=O) groups excluding carboxylic acids is 2. The van der Waals surface area contributed by atoms with Crippen molar-refractivity contribution in [2.75, 3.05) is 32.1 Å². The third kappa shape index (κ3) is 5.19. The van der Waals surface area contributed by atoms with Gasteiger partial charge in [0.1, 0.15) is 0 Å². The molecule has 138 valence electrons. The number of hydrogen-bond donors (Lipinski definition) is 1. The fourth-order valence-electron chi connectivity index (χ4n) is 3.66. The molecule has 1 aliphatic carbocycles. The third-order valence-corrected chi connectivity index (χ3v) is 6.18. The minimum Gasteiger partial charge on any atom is -0.342 e. The van der Waals surface area contributed by atoms with Crippen LogP contribution < -0.4 is 5.32 Å². The van der Waals surface area contributed by atoms with Gasteiger partial charge in [0.15, 0.2) is 0 Å². The maximum atomic E-state index is 12.7. The molecule has 0 bridgehead atoms. The van der Waals surface area contributed by atoms with E-state index in [0.29, 0.717) is 18.3 Å². The molecule has 1 heterocycles. The predicted octanol–water partition coefficient (Wildman–Crippen LogP) is 1.58. The van der Waals surface area contributed by atoms with Crippen LogP contribution in [0.25, 0.3) is 0 Å². The maximum absolute atomic E-state index is 12.7. The van der Waals surface area contributed by atoms with Crippen molar-refractivity contribution < 1.29 is 13.8 Å². The summed E-state index contributed by atoms with van der Waals surface area (Å²) in [6.45, 7) is 3.14. The Hall–Kier alpha value is -1.11. The summed E-state index contributed by atoms with van der Waals surface area (Å²) in [5.74, 6) is 0.401. The van der Waals surface area contributed by atoms with Gasteiger partial charge in [-0.05, 0) is 32.6 Å². The molecule has 1 aliphatic heterocycles. The minimum atomic E-state index is -0.924. The lowest BCUT2D eigenvalue weighted by atomic mass is 9.96. The Labute approximate surface area is 147 Å². The molecule has 24 heavy (non-hydrogen) atoms. The maximum Gasteiger partial charge on any atom is 0.317 e. The Bertz CT molecular complexity index is 480. The Morgan fingerprint density at radius 3 is 2.54 bits per heavy atom. The van der Waals surface area contributed by atoms with Gasteiger partial charge in [0.25, 0.3) is 0 Å². The standard InChI is InChI=1S/C17H31N3O3S/c1-13(12-24(3)23)19(2)16(21)14-7-6-10-20(11-14)17(22)18-15-8-4-5-9-15/h13-15H,4-12H2,1-3H3,(H,18,22)/t13-,14+,24+/m1/s1. The highest BCUT2D eigenvalue weighted by molar-refractivity contribution is 7.84. The summed E-state index contributed by atoms with van der Waals surface area (Å²) in [6, 6.07) is 0.228. The van der Waals surface area contributed by atoms with Crippen LogP contribution in [0.2, 0.25) is 0 Å². The molecular formula is C17H31N3O3S. The van der Waals surface area contributed by atoms with E-state index < -0.39 is 10.8 Å². The van der Waals surface area contributed by atoms with Crippen molar-refractivity contribution in [1.82, 2.24) is 15.1 Å². The largest absolute Gasteiger partial charge is 0.342 e. The summed E-state index contributed by atoms with van der Waals surface area (Å²) in [5, 5.41) is 3.11. The molecule has 0 spiro atoms. The minimum absolute atomic E-state index is 0.0234. The average Bonchev–Trinajstić information content (AvgIpc) is 3.05. The highest BCUT2D eigenvalue weighted by atomic mass is 32.2. The lowest BCUT2D eigenvalue weighted by Crippen LogP contribution is -2.52. The van der Waals surface area contributed by atoms with Crippen molar-refractivity contribution in [2.24, 2.45) is 5.92 Å². The first kappa shape index (κ1) is 19.2. The highest BCUT2D eigenvalue weighted by Gasteiger charge is 2.32. The molecule has 1 saturated heterocycles. The molecule has 3 atom stereocenters. The van der Waals surface area contributed by atoms with E-state index >= 15 is 0 Å². The van der Waals surface area contributed by atoms with Gasteiger partial charge in [-0.3, -0.25) is 9.00 Å². The molecule has 1 saturated carbocycles. The molecule has 2 rings (SSSR count). The predicted molar refractivity (Wildman–Crippen MR) is 96.3 cm³/mol. The number of rotatable bonds is 5. The summed E-state index contributed by atoms with van der Waals surface area (Å²) in [5.41, 5.74) is 0. The van der Waals surface area contributed by atoms with Crippen LogP contribution >= 0.6 is 0 Å². The number of nitrogens with one attached hydrogen (secondary N) is 1. The van der Waals surface area contributed by atoms with Crippen LogP contribution in [0.15, 0.2) is 0 Å². The van der Waals surface area contributed by atoms with E-state index in [0.717, 1.165) is 32.2 Å². The van der Waals surface area contributed by atoms with E-state index in [2.05, 4.69) is 5.32 Å². The van der Waals surface area contributed by atoms with Crippen LogP contribution in [-0.2, 0) is 15.6 Å². The van der Waals surface area contributed by atoms with E-state index in [9.17, 15) is 13.8 Å². The molecule has 6 nitrogen and oxygen atoms in total. The first-order valence-electron chi connectivity index (χ1n) is 9.00. The van der Waals surface area contributed by atoms with Gasteiger partial charge in [0.05, 0.1) is 5.92 Å². The Morgan fingerprint density at radius 2 is 1.92 bits per heavy atom. The van der Waals surface area contributed by atoms with E-state index in [1.165, 1.54) is 12.8 Å². The fraction of sp³-hybridized carbons (Fsp3) is 0.882. The van der Waals surface area contributed by atoms with Crippen LogP contribution in [0.1, 0.15) is 45.4 Å². The molecule has 0 radical (unpaired) electrons. The summed E-state index contributed by atoms with van der Waals surface area (Å²) in [6.07, 6.45) is 7.84. The average molecular weight is 358 g/mol. The van der Waals surface area contributed by atoms with Crippen molar-refractivity contribution in [3.05, 3.63) is 0 Å². The molecule has 0 aromatic heterocycles. The molecule has 3 amide bonds. The second kappa shape index (κ2) is 8.83. The Morgan fingerprint density at radius 1 is 1.25 bits per heavy atom. The number of hydrogen-bond acceptors (Lipinski definition) is 3. The van der Waals surface area contributed by atoms with Crippen LogP contribution in [0.3, 0.4) is 0 Å². The van der Waals surface area contributed by atoms with Crippen molar-refractivity contribution in [2.45, 2.75) is 57.5 Å². The molecule has 7 heteroatoms. The number of urea groups is 1. The van der Waals surface area contributed by atoms with Gasteiger partial charge < -0.3 is 15.1 Å². The summed E-state index contributed by atoms with van der Waals surface area (Å²) >= 11 is 0. The van der Waals surface area contributed by atoms with Crippen LogP contribution in [-0.4, -0.2) is 70.2 Å². The Kier molecular flexibility index (Phi) is 7.07. The Balaban J connectivity index is 1.87. The van der Waals surface area contributed by atoms with Gasteiger partial charge >= 0.3 is 6.03 Å². The van der Waals surface area contributed by atoms with E-state index in [-0.39, 0.29) is 23.9 Å². The second-order valence-electron chi connectivity index (χ2n) is 7.25. The van der Waals surface area contributed by atoms with Gasteiger partial charge in [-0.25, -0.2) is 4.79 Å². The molecule has 0 unspecified atom stereocenters. The van der Waals surface area contributed by atoms with Crippen LogP contribution in [0.4, 0.5) is 4.79 Å². The third-order valence-electron chi connectivity index (χ3n) is 5.23. The van der Waals surface area contributed by atoms with Gasteiger partial charge in [-0.15, -0.1) is 0 Å². The SMILES string of the molecule is C[C@H](C[S@](C)=O)N(C)C(=O)[C@H]1CCCN(C(=O)NC2CCCC2)C1. The zero-order valence-electron chi connectivity index (χ0n) is 15.1. The van der Waals surface area contributed by atoms with Crippen molar-refractivity contribution >= 4 is 22.7 Å². The van der Waals surface area contributed by atoms with E-state index in [1.54, 1.807) is 23.1 Å². The second-order valence-corrected chi connectivity index (χ2v) is 8.73. The molecule has 0 aromatic carbocycles. The molecule has 0 aromatic rings. The lowest BCUT2D eigenvalue weighted by molar-refractivity contribution is -0.137. The number of nitrogens with zero attached hydrogens (tertiary/aromatic N) is 2. The first-order chi connectivity index (χ1) is 11.4. The van der Waals surface area contributed by atoms with Gasteiger partial charge in [0.2, 0.25) is 5.91 Å². The molecule has 2 aliphatic rings. The van der Waals surface area contributed by atoms with Gasteiger partial charge in [-0.2, -0.15) is 0 Å². The van der Waals surface area contributed by atoms with Crippen molar-refractivity contribution in [3.63, 3.8) is 0 Å². The van der Waals surface area contributed by atoms with Crippen LogP contribution in [0.5, 0.6) is 0 Å². The topological polar surface area (TPSA) is 69.7 Å². The van der Waals surface area contributed by atoms with Gasteiger partial charge in [-0.1, -0.05) is 12.8 Å².